The monoisotopic (exact) mass is 329 g/mol. The normalized spacial score (nSPS) is 20.5. The number of para-hydroxylation sites is 1. The van der Waals surface area contributed by atoms with Crippen LogP contribution in [0.25, 0.3) is 0 Å². The number of carboxylic acid groups (broad SMARTS) is 1. The molecular formula is C16H15N3O5. The number of nitrogens with zero attached hydrogens (tertiary/aromatic N) is 1. The molecule has 0 bridgehead atoms. The third kappa shape index (κ3) is 2.41. The van der Waals surface area contributed by atoms with Crippen molar-refractivity contribution in [2.24, 2.45) is 5.73 Å². The van der Waals surface area contributed by atoms with Crippen molar-refractivity contribution < 1.29 is 19.6 Å². The van der Waals surface area contributed by atoms with Gasteiger partial charge in [0.05, 0.1) is 16.4 Å². The summed E-state index contributed by atoms with van der Waals surface area (Å²) in [5, 5.41) is 23.7. The number of aliphatic carboxylic acids is 1. The molecule has 3 rings (SSSR count). The van der Waals surface area contributed by atoms with Crippen LogP contribution in [-0.2, 0) is 9.59 Å². The lowest BCUT2D eigenvalue weighted by Crippen LogP contribution is -2.37. The topological polar surface area (TPSA) is 136 Å². The first-order valence-electron chi connectivity index (χ1n) is 7.41. The zero-order chi connectivity index (χ0) is 17.4. The lowest BCUT2D eigenvalue weighted by molar-refractivity contribution is -0.385. The molecule has 8 nitrogen and oxygen atoms in total. The van der Waals surface area contributed by atoms with Crippen molar-refractivity contribution in [1.29, 1.82) is 0 Å². The van der Waals surface area contributed by atoms with Gasteiger partial charge in [-0.3, -0.25) is 14.9 Å². The van der Waals surface area contributed by atoms with Gasteiger partial charge in [0.25, 0.3) is 5.69 Å². The molecule has 24 heavy (non-hydrogen) atoms. The summed E-state index contributed by atoms with van der Waals surface area (Å²) in [7, 11) is 0. The van der Waals surface area contributed by atoms with Crippen LogP contribution in [0.3, 0.4) is 0 Å². The van der Waals surface area contributed by atoms with Crippen molar-refractivity contribution in [3.8, 4) is 0 Å². The van der Waals surface area contributed by atoms with Gasteiger partial charge in [-0.25, -0.2) is 4.79 Å². The van der Waals surface area contributed by atoms with Crippen molar-refractivity contribution in [3.63, 3.8) is 0 Å². The average molecular weight is 329 g/mol. The smallest absolute Gasteiger partial charge is 0.336 e. The number of nitro groups is 1. The number of nitrogens with two attached hydrogens (primary N) is 1. The van der Waals surface area contributed by atoms with Crippen LogP contribution in [0.15, 0.2) is 46.9 Å². The fourth-order valence-corrected chi connectivity index (χ4v) is 3.31. The zero-order valence-corrected chi connectivity index (χ0v) is 12.6. The maximum absolute atomic E-state index is 12.4. The molecule has 0 spiro atoms. The number of nitro benzene ring substituents is 1. The zero-order valence-electron chi connectivity index (χ0n) is 12.6. The van der Waals surface area contributed by atoms with Gasteiger partial charge in [0.2, 0.25) is 0 Å². The van der Waals surface area contributed by atoms with Crippen molar-refractivity contribution in [1.82, 2.24) is 5.32 Å². The molecule has 8 heteroatoms. The van der Waals surface area contributed by atoms with Crippen LogP contribution in [0, 0.1) is 10.1 Å². The summed E-state index contributed by atoms with van der Waals surface area (Å²) in [5.41, 5.74) is 6.36. The molecule has 1 heterocycles. The molecule has 0 saturated heterocycles. The Morgan fingerprint density at radius 1 is 1.33 bits per heavy atom. The van der Waals surface area contributed by atoms with Gasteiger partial charge in [0.1, 0.15) is 5.82 Å². The Balaban J connectivity index is 2.28. The number of rotatable bonds is 3. The Morgan fingerprint density at radius 2 is 2.04 bits per heavy atom. The molecule has 0 radical (unpaired) electrons. The van der Waals surface area contributed by atoms with E-state index in [1.807, 2.05) is 0 Å². The highest BCUT2D eigenvalue weighted by Crippen LogP contribution is 2.43. The van der Waals surface area contributed by atoms with Gasteiger partial charge in [-0.1, -0.05) is 18.2 Å². The van der Waals surface area contributed by atoms with Crippen LogP contribution in [0.2, 0.25) is 0 Å². The molecule has 0 fully saturated rings. The van der Waals surface area contributed by atoms with E-state index in [1.165, 1.54) is 18.2 Å². The molecule has 0 aromatic heterocycles. The predicted octanol–water partition coefficient (Wildman–Crippen LogP) is 1.54. The summed E-state index contributed by atoms with van der Waals surface area (Å²) in [6.07, 6.45) is 1.46. The number of allylic oxidation sites excluding steroid dienone is 2. The van der Waals surface area contributed by atoms with Crippen molar-refractivity contribution in [3.05, 3.63) is 62.6 Å². The predicted molar refractivity (Wildman–Crippen MR) is 83.7 cm³/mol. The van der Waals surface area contributed by atoms with Gasteiger partial charge in [-0.05, 0) is 12.8 Å². The summed E-state index contributed by atoms with van der Waals surface area (Å²) in [4.78, 5) is 34.9. The van der Waals surface area contributed by atoms with Crippen LogP contribution >= 0.6 is 0 Å². The fourth-order valence-electron chi connectivity index (χ4n) is 3.31. The lowest BCUT2D eigenvalue weighted by Gasteiger charge is -2.32. The number of carbonyl (C=O) groups excluding carboxylic acids is 1. The van der Waals surface area contributed by atoms with E-state index < -0.39 is 16.8 Å². The first-order chi connectivity index (χ1) is 11.4. The SMILES string of the molecule is NC1=C(C(=O)O)C(c2ccccc2[N+](=O)[O-])C2=C(CCCC2=O)N1. The number of dihydropyridines is 1. The molecule has 0 amide bonds. The van der Waals surface area contributed by atoms with Crippen LogP contribution < -0.4 is 11.1 Å². The largest absolute Gasteiger partial charge is 0.478 e. The van der Waals surface area contributed by atoms with E-state index in [2.05, 4.69) is 5.32 Å². The van der Waals surface area contributed by atoms with E-state index in [1.54, 1.807) is 6.07 Å². The number of carbonyl (C=O) groups is 2. The second kappa shape index (κ2) is 5.80. The molecule has 1 aliphatic heterocycles. The van der Waals surface area contributed by atoms with Gasteiger partial charge in [-0.15, -0.1) is 0 Å². The number of ketones is 1. The van der Waals surface area contributed by atoms with Gasteiger partial charge in [0, 0.05) is 29.3 Å². The summed E-state index contributed by atoms with van der Waals surface area (Å²) in [6.45, 7) is 0. The molecule has 0 saturated carbocycles. The second-order valence-corrected chi connectivity index (χ2v) is 5.68. The highest BCUT2D eigenvalue weighted by molar-refractivity contribution is 6.03. The lowest BCUT2D eigenvalue weighted by atomic mass is 9.75. The van der Waals surface area contributed by atoms with Crippen LogP contribution in [-0.4, -0.2) is 21.8 Å². The molecule has 124 valence electrons. The molecule has 1 aliphatic carbocycles. The van der Waals surface area contributed by atoms with Crippen molar-refractivity contribution >= 4 is 17.4 Å². The molecule has 4 N–H and O–H groups in total. The van der Waals surface area contributed by atoms with E-state index in [9.17, 15) is 24.8 Å². The Morgan fingerprint density at radius 3 is 2.71 bits per heavy atom. The Hall–Kier alpha value is -3.16. The quantitative estimate of drug-likeness (QED) is 0.565. The van der Waals surface area contributed by atoms with Gasteiger partial charge < -0.3 is 16.2 Å². The minimum atomic E-state index is -1.31. The van der Waals surface area contributed by atoms with E-state index in [4.69, 9.17) is 5.73 Å². The maximum Gasteiger partial charge on any atom is 0.336 e. The fraction of sp³-hybridized carbons (Fsp3) is 0.250. The Bertz CT molecular complexity index is 825. The summed E-state index contributed by atoms with van der Waals surface area (Å²) >= 11 is 0. The third-order valence-electron chi connectivity index (χ3n) is 4.28. The average Bonchev–Trinajstić information content (AvgIpc) is 2.53. The molecule has 2 aliphatic rings. The van der Waals surface area contributed by atoms with Crippen molar-refractivity contribution in [2.75, 3.05) is 0 Å². The standard InChI is InChI=1S/C16H15N3O5/c17-15-14(16(21)22)12(8-4-1-2-6-10(8)19(23)24)13-9(18-15)5-3-7-11(13)20/h1-2,4,6,12,18H,3,5,7,17H2,(H,21,22). The third-order valence-corrected chi connectivity index (χ3v) is 4.28. The summed E-state index contributed by atoms with van der Waals surface area (Å²) < 4.78 is 0. The number of carboxylic acids is 1. The van der Waals surface area contributed by atoms with Crippen LogP contribution in [0.4, 0.5) is 5.69 Å². The number of nitrogens with one attached hydrogen (secondary N) is 1. The van der Waals surface area contributed by atoms with E-state index in [0.717, 1.165) is 0 Å². The second-order valence-electron chi connectivity index (χ2n) is 5.68. The number of benzene rings is 1. The number of Topliss-reactive ketones (excluding diaryl/α,β-unsaturated/α-hetero) is 1. The minimum Gasteiger partial charge on any atom is -0.478 e. The molecule has 1 aromatic carbocycles. The summed E-state index contributed by atoms with van der Waals surface area (Å²) in [5.74, 6) is -2.65. The highest BCUT2D eigenvalue weighted by atomic mass is 16.6. The Kier molecular flexibility index (Phi) is 3.80. The van der Waals surface area contributed by atoms with Crippen LogP contribution in [0.5, 0.6) is 0 Å². The van der Waals surface area contributed by atoms with Gasteiger partial charge in [-0.2, -0.15) is 0 Å². The molecule has 1 unspecified atom stereocenters. The number of hydrogen-bond donors (Lipinski definition) is 3. The maximum atomic E-state index is 12.4. The first-order valence-corrected chi connectivity index (χ1v) is 7.41. The molecule has 1 aromatic rings. The number of hydrogen-bond acceptors (Lipinski definition) is 6. The first kappa shape index (κ1) is 15.7. The summed E-state index contributed by atoms with van der Waals surface area (Å²) in [6, 6.07) is 5.83. The van der Waals surface area contributed by atoms with Gasteiger partial charge in [0.15, 0.2) is 5.78 Å². The highest BCUT2D eigenvalue weighted by Gasteiger charge is 2.41. The molecule has 1 atom stereocenters. The van der Waals surface area contributed by atoms with Crippen LogP contribution in [0.1, 0.15) is 30.7 Å². The minimum absolute atomic E-state index is 0.0842. The Labute approximate surface area is 136 Å². The van der Waals surface area contributed by atoms with Crippen molar-refractivity contribution in [2.45, 2.75) is 25.2 Å². The van der Waals surface area contributed by atoms with E-state index in [-0.39, 0.29) is 40.4 Å². The van der Waals surface area contributed by atoms with Gasteiger partial charge >= 0.3 is 5.97 Å². The molecular weight excluding hydrogens is 314 g/mol. The van der Waals surface area contributed by atoms with E-state index >= 15 is 0 Å². The van der Waals surface area contributed by atoms with E-state index in [0.29, 0.717) is 18.5 Å².